The van der Waals surface area contributed by atoms with E-state index in [4.69, 9.17) is 5.11 Å². The quantitative estimate of drug-likeness (QED) is 0.906. The lowest BCUT2D eigenvalue weighted by atomic mass is 9.89. The van der Waals surface area contributed by atoms with Crippen molar-refractivity contribution in [2.24, 2.45) is 0 Å². The Morgan fingerprint density at radius 2 is 1.33 bits per heavy atom. The zero-order chi connectivity index (χ0) is 16.3. The molecule has 0 saturated heterocycles. The van der Waals surface area contributed by atoms with Crippen LogP contribution in [0.5, 0.6) is 0 Å². The zero-order valence-electron chi connectivity index (χ0n) is 13.8. The Bertz CT molecular complexity index is 547. The van der Waals surface area contributed by atoms with E-state index in [0.29, 0.717) is 12.1 Å². The number of benzene rings is 1. The summed E-state index contributed by atoms with van der Waals surface area (Å²) in [6.45, 7) is 12.1. The first-order valence-corrected chi connectivity index (χ1v) is 7.30. The van der Waals surface area contributed by atoms with Gasteiger partial charge < -0.3 is 10.0 Å². The Morgan fingerprint density at radius 3 is 1.71 bits per heavy atom. The molecule has 4 heteroatoms. The third-order valence-electron chi connectivity index (χ3n) is 4.32. The minimum atomic E-state index is -0.979. The van der Waals surface area contributed by atoms with Crippen molar-refractivity contribution in [3.63, 3.8) is 0 Å². The van der Waals surface area contributed by atoms with Crippen LogP contribution in [-0.2, 0) is 4.79 Å². The number of hydrogen-bond donors (Lipinski definition) is 1. The fraction of sp³-hybridized carbons (Fsp3) is 0.529. The van der Waals surface area contributed by atoms with Crippen molar-refractivity contribution in [3.8, 4) is 0 Å². The molecule has 0 aliphatic carbocycles. The molecule has 21 heavy (non-hydrogen) atoms. The number of carboxylic acids is 1. The Balaban J connectivity index is 3.37. The minimum Gasteiger partial charge on any atom is -0.480 e. The first kappa shape index (κ1) is 17.2. The van der Waals surface area contributed by atoms with E-state index in [9.17, 15) is 9.59 Å². The molecule has 0 saturated carbocycles. The van der Waals surface area contributed by atoms with Crippen molar-refractivity contribution in [1.29, 1.82) is 0 Å². The van der Waals surface area contributed by atoms with Crippen molar-refractivity contribution in [2.45, 2.75) is 48.0 Å². The second kappa shape index (κ2) is 6.74. The van der Waals surface area contributed by atoms with Crippen LogP contribution in [0.25, 0.3) is 0 Å². The van der Waals surface area contributed by atoms with Gasteiger partial charge in [-0.15, -0.1) is 0 Å². The smallest absolute Gasteiger partial charge is 0.323 e. The maximum atomic E-state index is 12.8. The molecule has 0 heterocycles. The van der Waals surface area contributed by atoms with E-state index >= 15 is 0 Å². The standard InChI is InChI=1S/C17H25NO3/c1-7-8-18(9-15(19)20)17(21)16-13(5)11(3)10(2)12(4)14(16)6/h7-9H2,1-6H3,(H,19,20). The highest BCUT2D eigenvalue weighted by Gasteiger charge is 2.23. The van der Waals surface area contributed by atoms with Crippen molar-refractivity contribution in [1.82, 2.24) is 4.90 Å². The van der Waals surface area contributed by atoms with Gasteiger partial charge in [0.2, 0.25) is 0 Å². The number of aliphatic carboxylic acids is 1. The van der Waals surface area contributed by atoms with Crippen LogP contribution < -0.4 is 0 Å². The molecular weight excluding hydrogens is 266 g/mol. The highest BCUT2D eigenvalue weighted by molar-refractivity contribution is 5.99. The maximum Gasteiger partial charge on any atom is 0.323 e. The monoisotopic (exact) mass is 291 g/mol. The van der Waals surface area contributed by atoms with Crippen LogP contribution in [0.1, 0.15) is 51.5 Å². The van der Waals surface area contributed by atoms with Gasteiger partial charge >= 0.3 is 5.97 Å². The molecule has 0 spiro atoms. The van der Waals surface area contributed by atoms with Gasteiger partial charge in [0.05, 0.1) is 0 Å². The van der Waals surface area contributed by atoms with Gasteiger partial charge in [0, 0.05) is 12.1 Å². The van der Waals surface area contributed by atoms with E-state index in [1.54, 1.807) is 0 Å². The molecule has 0 aliphatic rings. The molecule has 0 unspecified atom stereocenters. The summed E-state index contributed by atoms with van der Waals surface area (Å²) >= 11 is 0. The zero-order valence-corrected chi connectivity index (χ0v) is 13.8. The molecule has 0 aliphatic heterocycles. The van der Waals surface area contributed by atoms with Gasteiger partial charge in [0.15, 0.2) is 0 Å². The molecule has 116 valence electrons. The molecule has 4 nitrogen and oxygen atoms in total. The van der Waals surface area contributed by atoms with Gasteiger partial charge in [-0.3, -0.25) is 9.59 Å². The van der Waals surface area contributed by atoms with Crippen LogP contribution in [0.2, 0.25) is 0 Å². The number of carboxylic acid groups (broad SMARTS) is 1. The van der Waals surface area contributed by atoms with E-state index in [-0.39, 0.29) is 12.5 Å². The number of nitrogens with zero attached hydrogens (tertiary/aromatic N) is 1. The molecule has 1 N–H and O–H groups in total. The lowest BCUT2D eigenvalue weighted by Gasteiger charge is -2.24. The molecule has 1 rings (SSSR count). The lowest BCUT2D eigenvalue weighted by molar-refractivity contribution is -0.137. The fourth-order valence-electron chi connectivity index (χ4n) is 2.66. The number of carbonyl (C=O) groups excluding carboxylic acids is 1. The van der Waals surface area contributed by atoms with Gasteiger partial charge in [-0.05, 0) is 68.9 Å². The fourth-order valence-corrected chi connectivity index (χ4v) is 2.66. The summed E-state index contributed by atoms with van der Waals surface area (Å²) in [5, 5.41) is 9.00. The molecule has 0 atom stereocenters. The predicted molar refractivity (Wildman–Crippen MR) is 84.0 cm³/mol. The highest BCUT2D eigenvalue weighted by Crippen LogP contribution is 2.27. The van der Waals surface area contributed by atoms with E-state index in [1.807, 2.05) is 34.6 Å². The minimum absolute atomic E-state index is 0.180. The number of amides is 1. The molecule has 1 aromatic rings. The van der Waals surface area contributed by atoms with Crippen molar-refractivity contribution < 1.29 is 14.7 Å². The van der Waals surface area contributed by atoms with Gasteiger partial charge in [0.1, 0.15) is 6.54 Å². The van der Waals surface area contributed by atoms with Crippen molar-refractivity contribution in [2.75, 3.05) is 13.1 Å². The second-order valence-corrected chi connectivity index (χ2v) is 5.62. The third kappa shape index (κ3) is 3.43. The molecular formula is C17H25NO3. The Labute approximate surface area is 126 Å². The van der Waals surface area contributed by atoms with Gasteiger partial charge in [-0.1, -0.05) is 6.92 Å². The van der Waals surface area contributed by atoms with Gasteiger partial charge in [-0.2, -0.15) is 0 Å². The first-order chi connectivity index (χ1) is 9.72. The van der Waals surface area contributed by atoms with E-state index in [0.717, 1.165) is 28.7 Å². The van der Waals surface area contributed by atoms with Crippen molar-refractivity contribution >= 4 is 11.9 Å². The second-order valence-electron chi connectivity index (χ2n) is 5.62. The Morgan fingerprint density at radius 1 is 0.905 bits per heavy atom. The molecule has 0 aromatic heterocycles. The molecule has 1 aromatic carbocycles. The summed E-state index contributed by atoms with van der Waals surface area (Å²) < 4.78 is 0. The maximum absolute atomic E-state index is 12.8. The van der Waals surface area contributed by atoms with Gasteiger partial charge in [0.25, 0.3) is 5.91 Å². The normalized spacial score (nSPS) is 10.6. The molecule has 0 radical (unpaired) electrons. The van der Waals surface area contributed by atoms with Crippen LogP contribution in [0, 0.1) is 34.6 Å². The van der Waals surface area contributed by atoms with Crippen LogP contribution in [-0.4, -0.2) is 35.0 Å². The average molecular weight is 291 g/mol. The summed E-state index contributed by atoms with van der Waals surface area (Å²) in [7, 11) is 0. The highest BCUT2D eigenvalue weighted by atomic mass is 16.4. The summed E-state index contributed by atoms with van der Waals surface area (Å²) in [6, 6.07) is 0. The summed E-state index contributed by atoms with van der Waals surface area (Å²) in [6.07, 6.45) is 0.737. The van der Waals surface area contributed by atoms with E-state index in [2.05, 4.69) is 6.92 Å². The molecule has 0 fully saturated rings. The van der Waals surface area contributed by atoms with Crippen LogP contribution >= 0.6 is 0 Å². The van der Waals surface area contributed by atoms with Gasteiger partial charge in [-0.25, -0.2) is 0 Å². The predicted octanol–water partition coefficient (Wildman–Crippen LogP) is 3.17. The summed E-state index contributed by atoms with van der Waals surface area (Å²) in [5.41, 5.74) is 5.97. The molecule has 1 amide bonds. The number of hydrogen-bond acceptors (Lipinski definition) is 2. The summed E-state index contributed by atoms with van der Waals surface area (Å²) in [4.78, 5) is 25.2. The topological polar surface area (TPSA) is 57.6 Å². The molecule has 0 bridgehead atoms. The SMILES string of the molecule is CCCN(CC(=O)O)C(=O)c1c(C)c(C)c(C)c(C)c1C. The van der Waals surface area contributed by atoms with E-state index < -0.39 is 5.97 Å². The number of rotatable bonds is 5. The van der Waals surface area contributed by atoms with Crippen molar-refractivity contribution in [3.05, 3.63) is 33.4 Å². The first-order valence-electron chi connectivity index (χ1n) is 7.30. The Hall–Kier alpha value is -1.84. The third-order valence-corrected chi connectivity index (χ3v) is 4.32. The summed E-state index contributed by atoms with van der Waals surface area (Å²) in [5.74, 6) is -1.16. The number of carbonyl (C=O) groups is 2. The van der Waals surface area contributed by atoms with Crippen LogP contribution in [0.3, 0.4) is 0 Å². The Kier molecular flexibility index (Phi) is 5.53. The van der Waals surface area contributed by atoms with Crippen LogP contribution in [0.15, 0.2) is 0 Å². The average Bonchev–Trinajstić information content (AvgIpc) is 2.42. The largest absolute Gasteiger partial charge is 0.480 e. The van der Waals surface area contributed by atoms with E-state index in [1.165, 1.54) is 10.5 Å². The lowest BCUT2D eigenvalue weighted by Crippen LogP contribution is -2.37. The van der Waals surface area contributed by atoms with Crippen LogP contribution in [0.4, 0.5) is 0 Å².